The molecule has 26 heavy (non-hydrogen) atoms. The summed E-state index contributed by atoms with van der Waals surface area (Å²) < 4.78 is 0. The fraction of sp³-hybridized carbons (Fsp3) is 0.435. The van der Waals surface area contributed by atoms with Crippen molar-refractivity contribution in [1.82, 2.24) is 10.2 Å². The van der Waals surface area contributed by atoms with Crippen molar-refractivity contribution in [1.29, 1.82) is 0 Å². The van der Waals surface area contributed by atoms with Gasteiger partial charge in [0.15, 0.2) is 0 Å². The highest BCUT2D eigenvalue weighted by atomic mass is 16.2. The van der Waals surface area contributed by atoms with Crippen LogP contribution in [0.5, 0.6) is 0 Å². The zero-order chi connectivity index (χ0) is 18.0. The Morgan fingerprint density at radius 1 is 0.923 bits per heavy atom. The Morgan fingerprint density at radius 3 is 2.19 bits per heavy atom. The van der Waals surface area contributed by atoms with E-state index in [9.17, 15) is 4.79 Å². The van der Waals surface area contributed by atoms with Gasteiger partial charge in [-0.3, -0.25) is 4.79 Å². The van der Waals surface area contributed by atoms with E-state index in [0.717, 1.165) is 32.5 Å². The van der Waals surface area contributed by atoms with Crippen LogP contribution in [-0.2, 0) is 17.8 Å². The number of nitrogens with zero attached hydrogens (tertiary/aromatic N) is 1. The summed E-state index contributed by atoms with van der Waals surface area (Å²) >= 11 is 0. The summed E-state index contributed by atoms with van der Waals surface area (Å²) in [6.07, 6.45) is 5.02. The minimum atomic E-state index is 0.295. The van der Waals surface area contributed by atoms with Gasteiger partial charge in [0.1, 0.15) is 0 Å². The lowest BCUT2D eigenvalue weighted by Crippen LogP contribution is -2.33. The average Bonchev–Trinajstić information content (AvgIpc) is 2.71. The van der Waals surface area contributed by atoms with Gasteiger partial charge < -0.3 is 10.2 Å². The minimum absolute atomic E-state index is 0.295. The Morgan fingerprint density at radius 2 is 1.54 bits per heavy atom. The molecule has 0 radical (unpaired) electrons. The van der Waals surface area contributed by atoms with Crippen LogP contribution in [0.1, 0.15) is 36.8 Å². The SMILES string of the molecule is O=C(CCC1CCNCC1)N(CCc1ccccc1)Cc1ccccc1. The summed E-state index contributed by atoms with van der Waals surface area (Å²) in [6, 6.07) is 20.8. The summed E-state index contributed by atoms with van der Waals surface area (Å²) in [4.78, 5) is 15.0. The van der Waals surface area contributed by atoms with Crippen LogP contribution in [-0.4, -0.2) is 30.4 Å². The van der Waals surface area contributed by atoms with Gasteiger partial charge in [0, 0.05) is 19.5 Å². The maximum atomic E-state index is 12.9. The Balaban J connectivity index is 1.58. The van der Waals surface area contributed by atoms with Gasteiger partial charge in [0.25, 0.3) is 0 Å². The molecule has 0 spiro atoms. The van der Waals surface area contributed by atoms with Crippen molar-refractivity contribution in [2.24, 2.45) is 5.92 Å². The quantitative estimate of drug-likeness (QED) is 0.779. The third-order valence-corrected chi connectivity index (χ3v) is 5.31. The molecule has 0 aromatic heterocycles. The molecule has 1 saturated heterocycles. The number of piperidine rings is 1. The molecule has 1 amide bonds. The van der Waals surface area contributed by atoms with Crippen LogP contribution in [0.2, 0.25) is 0 Å². The molecule has 3 heteroatoms. The summed E-state index contributed by atoms with van der Waals surface area (Å²) in [5, 5.41) is 3.40. The van der Waals surface area contributed by atoms with Gasteiger partial charge in [-0.2, -0.15) is 0 Å². The van der Waals surface area contributed by atoms with E-state index in [1.807, 2.05) is 29.2 Å². The number of benzene rings is 2. The summed E-state index contributed by atoms with van der Waals surface area (Å²) in [5.41, 5.74) is 2.49. The van der Waals surface area contributed by atoms with Gasteiger partial charge in [-0.1, -0.05) is 60.7 Å². The molecule has 2 aromatic carbocycles. The highest BCUT2D eigenvalue weighted by molar-refractivity contribution is 5.76. The van der Waals surface area contributed by atoms with Crippen molar-refractivity contribution in [3.63, 3.8) is 0 Å². The Bertz CT molecular complexity index is 650. The van der Waals surface area contributed by atoms with Crippen LogP contribution in [0.4, 0.5) is 0 Å². The monoisotopic (exact) mass is 350 g/mol. The molecule has 0 saturated carbocycles. The third kappa shape index (κ3) is 5.99. The molecule has 1 aliphatic heterocycles. The van der Waals surface area contributed by atoms with E-state index in [2.05, 4.69) is 41.7 Å². The molecule has 2 aromatic rings. The van der Waals surface area contributed by atoms with Crippen molar-refractivity contribution in [3.8, 4) is 0 Å². The number of amides is 1. The highest BCUT2D eigenvalue weighted by Crippen LogP contribution is 2.19. The summed E-state index contributed by atoms with van der Waals surface area (Å²) in [5.74, 6) is 0.996. The second-order valence-corrected chi connectivity index (χ2v) is 7.27. The Kier molecular flexibility index (Phi) is 7.26. The standard InChI is InChI=1S/C23H30N2O/c26-23(12-11-21-13-16-24-17-14-21)25(19-22-9-5-2-6-10-22)18-15-20-7-3-1-4-8-20/h1-10,21,24H,11-19H2. The second kappa shape index (κ2) is 10.1. The topological polar surface area (TPSA) is 32.3 Å². The van der Waals surface area contributed by atoms with Crippen molar-refractivity contribution < 1.29 is 4.79 Å². The van der Waals surface area contributed by atoms with Gasteiger partial charge in [0.2, 0.25) is 5.91 Å². The Labute approximate surface area is 157 Å². The van der Waals surface area contributed by atoms with E-state index in [1.165, 1.54) is 24.0 Å². The number of hydrogen-bond donors (Lipinski definition) is 1. The smallest absolute Gasteiger partial charge is 0.222 e. The van der Waals surface area contributed by atoms with Crippen molar-refractivity contribution in [3.05, 3.63) is 71.8 Å². The maximum absolute atomic E-state index is 12.9. The zero-order valence-electron chi connectivity index (χ0n) is 15.6. The second-order valence-electron chi connectivity index (χ2n) is 7.27. The lowest BCUT2D eigenvalue weighted by Gasteiger charge is -2.26. The molecule has 1 fully saturated rings. The van der Waals surface area contributed by atoms with Crippen LogP contribution in [0.15, 0.2) is 60.7 Å². The highest BCUT2D eigenvalue weighted by Gasteiger charge is 2.18. The molecule has 3 nitrogen and oxygen atoms in total. The average molecular weight is 351 g/mol. The molecule has 1 aliphatic rings. The molecule has 3 rings (SSSR count). The molecule has 138 valence electrons. The van der Waals surface area contributed by atoms with E-state index in [-0.39, 0.29) is 0 Å². The van der Waals surface area contributed by atoms with Crippen molar-refractivity contribution in [2.75, 3.05) is 19.6 Å². The molecular formula is C23H30N2O. The van der Waals surface area contributed by atoms with Crippen molar-refractivity contribution in [2.45, 2.75) is 38.6 Å². The maximum Gasteiger partial charge on any atom is 0.222 e. The first-order valence-corrected chi connectivity index (χ1v) is 9.87. The van der Waals surface area contributed by atoms with Crippen LogP contribution in [0.25, 0.3) is 0 Å². The van der Waals surface area contributed by atoms with E-state index in [1.54, 1.807) is 0 Å². The van der Waals surface area contributed by atoms with Crippen LogP contribution < -0.4 is 5.32 Å². The molecular weight excluding hydrogens is 320 g/mol. The summed E-state index contributed by atoms with van der Waals surface area (Å²) in [6.45, 7) is 3.68. The number of nitrogens with one attached hydrogen (secondary N) is 1. The lowest BCUT2D eigenvalue weighted by atomic mass is 9.93. The lowest BCUT2D eigenvalue weighted by molar-refractivity contribution is -0.132. The number of rotatable bonds is 8. The van der Waals surface area contributed by atoms with Gasteiger partial charge in [-0.15, -0.1) is 0 Å². The van der Waals surface area contributed by atoms with E-state index in [4.69, 9.17) is 0 Å². The first kappa shape index (κ1) is 18.7. The van der Waals surface area contributed by atoms with Gasteiger partial charge in [-0.25, -0.2) is 0 Å². The van der Waals surface area contributed by atoms with Crippen LogP contribution in [0, 0.1) is 5.92 Å². The van der Waals surface area contributed by atoms with Crippen LogP contribution in [0.3, 0.4) is 0 Å². The minimum Gasteiger partial charge on any atom is -0.338 e. The van der Waals surface area contributed by atoms with Gasteiger partial charge in [-0.05, 0) is 55.8 Å². The largest absolute Gasteiger partial charge is 0.338 e. The summed E-state index contributed by atoms with van der Waals surface area (Å²) in [7, 11) is 0. The normalized spacial score (nSPS) is 14.9. The first-order valence-electron chi connectivity index (χ1n) is 9.87. The molecule has 0 unspecified atom stereocenters. The number of carbonyl (C=O) groups excluding carboxylic acids is 1. The van der Waals surface area contributed by atoms with E-state index < -0.39 is 0 Å². The number of carbonyl (C=O) groups is 1. The Hall–Kier alpha value is -2.13. The predicted molar refractivity (Wildman–Crippen MR) is 107 cm³/mol. The number of hydrogen-bond acceptors (Lipinski definition) is 2. The molecule has 0 bridgehead atoms. The van der Waals surface area contributed by atoms with Gasteiger partial charge >= 0.3 is 0 Å². The molecule has 1 heterocycles. The molecule has 0 atom stereocenters. The fourth-order valence-electron chi connectivity index (χ4n) is 3.66. The zero-order valence-corrected chi connectivity index (χ0v) is 15.6. The van der Waals surface area contributed by atoms with Crippen LogP contribution >= 0.6 is 0 Å². The fourth-order valence-corrected chi connectivity index (χ4v) is 3.66. The first-order chi connectivity index (χ1) is 12.8. The predicted octanol–water partition coefficient (Wildman–Crippen LogP) is 4.04. The van der Waals surface area contributed by atoms with E-state index >= 15 is 0 Å². The third-order valence-electron chi connectivity index (χ3n) is 5.31. The molecule has 0 aliphatic carbocycles. The van der Waals surface area contributed by atoms with E-state index in [0.29, 0.717) is 24.8 Å². The molecule has 1 N–H and O–H groups in total. The van der Waals surface area contributed by atoms with Crippen molar-refractivity contribution >= 4 is 5.91 Å². The van der Waals surface area contributed by atoms with Gasteiger partial charge in [0.05, 0.1) is 0 Å².